The van der Waals surface area contributed by atoms with E-state index in [9.17, 15) is 14.0 Å². The lowest BCUT2D eigenvalue weighted by molar-refractivity contribution is -0.128. The summed E-state index contributed by atoms with van der Waals surface area (Å²) in [6, 6.07) is 5.80. The SMILES string of the molecule is C[C@]12Cc3cnn(-c4ccc(F)cc4)c3C=C1CCC[C@@]21NC(=O)NC1=O. The fourth-order valence-corrected chi connectivity index (χ4v) is 4.94. The molecule has 3 amide bonds. The van der Waals surface area contributed by atoms with Gasteiger partial charge in [-0.05, 0) is 61.6 Å². The summed E-state index contributed by atoms with van der Waals surface area (Å²) in [5.74, 6) is -0.530. The highest BCUT2D eigenvalue weighted by atomic mass is 19.1. The molecule has 3 aliphatic rings. The number of halogens is 1. The van der Waals surface area contributed by atoms with E-state index in [4.69, 9.17) is 0 Å². The van der Waals surface area contributed by atoms with Crippen LogP contribution in [0.5, 0.6) is 0 Å². The van der Waals surface area contributed by atoms with Crippen LogP contribution in [0.2, 0.25) is 0 Å². The lowest BCUT2D eigenvalue weighted by atomic mass is 9.55. The first kappa shape index (κ1) is 16.2. The number of nitrogens with zero attached hydrogens (tertiary/aromatic N) is 2. The molecule has 0 radical (unpaired) electrons. The van der Waals surface area contributed by atoms with Gasteiger partial charge in [-0.15, -0.1) is 0 Å². The van der Waals surface area contributed by atoms with Crippen molar-refractivity contribution in [1.29, 1.82) is 0 Å². The Morgan fingerprint density at radius 3 is 2.70 bits per heavy atom. The van der Waals surface area contributed by atoms with Gasteiger partial charge in [-0.1, -0.05) is 12.5 Å². The van der Waals surface area contributed by atoms with Gasteiger partial charge in [0.25, 0.3) is 5.91 Å². The molecule has 1 saturated carbocycles. The molecule has 2 fully saturated rings. The Kier molecular flexibility index (Phi) is 3.17. The normalized spacial score (nSPS) is 29.0. The Labute approximate surface area is 155 Å². The molecule has 7 heteroatoms. The van der Waals surface area contributed by atoms with Gasteiger partial charge < -0.3 is 5.32 Å². The van der Waals surface area contributed by atoms with Gasteiger partial charge in [0.15, 0.2) is 0 Å². The molecule has 1 aliphatic heterocycles. The summed E-state index contributed by atoms with van der Waals surface area (Å²) < 4.78 is 15.1. The molecule has 5 rings (SSSR count). The topological polar surface area (TPSA) is 76.0 Å². The van der Waals surface area contributed by atoms with E-state index in [0.29, 0.717) is 12.8 Å². The monoisotopic (exact) mass is 366 g/mol. The van der Waals surface area contributed by atoms with Crippen molar-refractivity contribution in [3.05, 3.63) is 53.1 Å². The molecule has 1 spiro atoms. The second-order valence-electron chi connectivity index (χ2n) is 7.79. The average molecular weight is 366 g/mol. The summed E-state index contributed by atoms with van der Waals surface area (Å²) in [5, 5.41) is 9.85. The van der Waals surface area contributed by atoms with Gasteiger partial charge in [0.1, 0.15) is 11.4 Å². The first-order chi connectivity index (χ1) is 12.9. The number of imide groups is 1. The van der Waals surface area contributed by atoms with E-state index < -0.39 is 17.0 Å². The summed E-state index contributed by atoms with van der Waals surface area (Å²) in [5.41, 5.74) is 2.49. The zero-order valence-corrected chi connectivity index (χ0v) is 14.9. The number of aromatic nitrogens is 2. The Bertz CT molecular complexity index is 1010. The number of urea groups is 1. The number of hydrogen-bond donors (Lipinski definition) is 2. The predicted octanol–water partition coefficient (Wildman–Crippen LogP) is 2.72. The zero-order chi connectivity index (χ0) is 18.8. The lowest BCUT2D eigenvalue weighted by Gasteiger charge is -2.50. The molecule has 2 atom stereocenters. The molecule has 1 saturated heterocycles. The number of carbonyl (C=O) groups is 2. The second kappa shape index (κ2) is 5.28. The second-order valence-corrected chi connectivity index (χ2v) is 7.79. The van der Waals surface area contributed by atoms with Gasteiger partial charge in [0.05, 0.1) is 17.6 Å². The highest BCUT2D eigenvalue weighted by Gasteiger charge is 2.61. The van der Waals surface area contributed by atoms with Crippen LogP contribution in [0.15, 0.2) is 36.0 Å². The van der Waals surface area contributed by atoms with Gasteiger partial charge >= 0.3 is 6.03 Å². The summed E-state index contributed by atoms with van der Waals surface area (Å²) in [6.07, 6.45) is 6.83. The molecule has 2 N–H and O–H groups in total. The van der Waals surface area contributed by atoms with E-state index in [-0.39, 0.29) is 11.7 Å². The van der Waals surface area contributed by atoms with Gasteiger partial charge in [-0.3, -0.25) is 10.1 Å². The molecule has 1 aromatic carbocycles. The number of fused-ring (bicyclic) bond motifs is 3. The first-order valence-electron chi connectivity index (χ1n) is 9.10. The van der Waals surface area contributed by atoms with Crippen molar-refractivity contribution < 1.29 is 14.0 Å². The quantitative estimate of drug-likeness (QED) is 0.762. The summed E-state index contributed by atoms with van der Waals surface area (Å²) in [7, 11) is 0. The molecular weight excluding hydrogens is 347 g/mol. The van der Waals surface area contributed by atoms with E-state index in [1.807, 2.05) is 0 Å². The lowest BCUT2D eigenvalue weighted by Crippen LogP contribution is -2.62. The molecule has 6 nitrogen and oxygen atoms in total. The smallest absolute Gasteiger partial charge is 0.322 e. The molecule has 0 bridgehead atoms. The van der Waals surface area contributed by atoms with E-state index in [1.54, 1.807) is 23.0 Å². The van der Waals surface area contributed by atoms with E-state index in [2.05, 4.69) is 28.7 Å². The molecule has 27 heavy (non-hydrogen) atoms. The number of amides is 3. The summed E-state index contributed by atoms with van der Waals surface area (Å²) >= 11 is 0. The fraction of sp³-hybridized carbons (Fsp3) is 0.350. The highest BCUT2D eigenvalue weighted by Crippen LogP contribution is 2.54. The van der Waals surface area contributed by atoms with Gasteiger partial charge in [-0.25, -0.2) is 13.9 Å². The zero-order valence-electron chi connectivity index (χ0n) is 14.9. The van der Waals surface area contributed by atoms with Crippen molar-refractivity contribution in [2.75, 3.05) is 0 Å². The molecule has 2 heterocycles. The summed E-state index contributed by atoms with van der Waals surface area (Å²) in [6.45, 7) is 2.06. The minimum Gasteiger partial charge on any atom is -0.322 e. The number of hydrogen-bond acceptors (Lipinski definition) is 3. The molecule has 0 unspecified atom stereocenters. The van der Waals surface area contributed by atoms with Crippen LogP contribution in [0.3, 0.4) is 0 Å². The van der Waals surface area contributed by atoms with Crippen molar-refractivity contribution in [1.82, 2.24) is 20.4 Å². The van der Waals surface area contributed by atoms with Gasteiger partial charge in [0, 0.05) is 5.41 Å². The average Bonchev–Trinajstić information content (AvgIpc) is 3.16. The Morgan fingerprint density at radius 2 is 2.00 bits per heavy atom. The number of benzene rings is 1. The van der Waals surface area contributed by atoms with Crippen molar-refractivity contribution in [3.8, 4) is 5.69 Å². The minimum atomic E-state index is -0.913. The highest BCUT2D eigenvalue weighted by molar-refractivity contribution is 6.08. The molecule has 2 aromatic rings. The third-order valence-corrected chi connectivity index (χ3v) is 6.40. The third-order valence-electron chi connectivity index (χ3n) is 6.40. The Balaban J connectivity index is 1.62. The Hall–Kier alpha value is -2.96. The van der Waals surface area contributed by atoms with E-state index in [0.717, 1.165) is 35.4 Å². The van der Waals surface area contributed by atoms with Crippen LogP contribution in [0.25, 0.3) is 11.8 Å². The maximum absolute atomic E-state index is 13.3. The fourth-order valence-electron chi connectivity index (χ4n) is 4.94. The van der Waals surface area contributed by atoms with Crippen LogP contribution in [0.1, 0.15) is 37.4 Å². The van der Waals surface area contributed by atoms with Crippen molar-refractivity contribution in [3.63, 3.8) is 0 Å². The Morgan fingerprint density at radius 1 is 1.22 bits per heavy atom. The molecule has 138 valence electrons. The largest absolute Gasteiger partial charge is 0.322 e. The third kappa shape index (κ3) is 2.08. The van der Waals surface area contributed by atoms with Crippen LogP contribution in [-0.2, 0) is 11.2 Å². The predicted molar refractivity (Wildman–Crippen MR) is 96.6 cm³/mol. The van der Waals surface area contributed by atoms with Crippen LogP contribution >= 0.6 is 0 Å². The van der Waals surface area contributed by atoms with Crippen LogP contribution in [-0.4, -0.2) is 27.3 Å². The molecular formula is C20H19FN4O2. The molecule has 1 aromatic heterocycles. The molecule has 2 aliphatic carbocycles. The maximum Gasteiger partial charge on any atom is 0.322 e. The van der Waals surface area contributed by atoms with Crippen molar-refractivity contribution in [2.24, 2.45) is 5.41 Å². The van der Waals surface area contributed by atoms with E-state index >= 15 is 0 Å². The maximum atomic E-state index is 13.3. The van der Waals surface area contributed by atoms with Crippen LogP contribution in [0.4, 0.5) is 9.18 Å². The van der Waals surface area contributed by atoms with Crippen molar-refractivity contribution >= 4 is 18.0 Å². The van der Waals surface area contributed by atoms with E-state index in [1.165, 1.54) is 12.1 Å². The summed E-state index contributed by atoms with van der Waals surface area (Å²) in [4.78, 5) is 24.6. The number of rotatable bonds is 1. The van der Waals surface area contributed by atoms with Gasteiger partial charge in [0.2, 0.25) is 0 Å². The van der Waals surface area contributed by atoms with Crippen LogP contribution < -0.4 is 10.6 Å². The van der Waals surface area contributed by atoms with Crippen LogP contribution in [0, 0.1) is 11.2 Å². The van der Waals surface area contributed by atoms with Crippen molar-refractivity contribution in [2.45, 2.75) is 38.1 Å². The minimum absolute atomic E-state index is 0.241. The van der Waals surface area contributed by atoms with Gasteiger partial charge in [-0.2, -0.15) is 5.10 Å². The number of carbonyl (C=O) groups excluding carboxylic acids is 2. The standard InChI is InChI=1S/C20H19FN4O2/c1-19-10-12-11-22-25(15-6-4-14(21)5-7-15)16(12)9-13(19)3-2-8-20(19)17(26)23-18(27)24-20/h4-7,9,11H,2-3,8,10H2,1H3,(H2,23,24,26,27)/t19-,20-/m0/s1. The first-order valence-corrected chi connectivity index (χ1v) is 9.10. The number of nitrogens with one attached hydrogen (secondary N) is 2.